The summed E-state index contributed by atoms with van der Waals surface area (Å²) in [6.45, 7) is 5.99. The van der Waals surface area contributed by atoms with Crippen LogP contribution in [0.25, 0.3) is 0 Å². The summed E-state index contributed by atoms with van der Waals surface area (Å²) in [5.41, 5.74) is 0.858. The first-order valence-corrected chi connectivity index (χ1v) is 4.47. The van der Waals surface area contributed by atoms with E-state index in [1.165, 1.54) is 5.57 Å². The van der Waals surface area contributed by atoms with Crippen molar-refractivity contribution >= 4 is 6.29 Å². The molecule has 0 N–H and O–H groups in total. The Morgan fingerprint density at radius 2 is 2.50 bits per heavy atom. The van der Waals surface area contributed by atoms with Crippen LogP contribution in [0.4, 0.5) is 0 Å². The van der Waals surface area contributed by atoms with Crippen molar-refractivity contribution in [3.63, 3.8) is 0 Å². The number of carbonyl (C=O) groups is 1. The van der Waals surface area contributed by atoms with Crippen LogP contribution in [0, 0.1) is 5.92 Å². The van der Waals surface area contributed by atoms with Crippen LogP contribution in [0.5, 0.6) is 0 Å². The lowest BCUT2D eigenvalue weighted by Crippen LogP contribution is -2.25. The number of allylic oxidation sites excluding steroid dienone is 1. The highest BCUT2D eigenvalue weighted by Gasteiger charge is 2.59. The predicted molar refractivity (Wildman–Crippen MR) is 45.8 cm³/mol. The molecule has 0 aromatic carbocycles. The molecule has 2 aliphatic rings. The third kappa shape index (κ3) is 1.02. The van der Waals surface area contributed by atoms with Crippen molar-refractivity contribution in [1.82, 2.24) is 0 Å². The molecule has 1 aliphatic carbocycles. The number of epoxide rings is 1. The molecule has 2 rings (SSSR count). The van der Waals surface area contributed by atoms with Gasteiger partial charge in [-0.05, 0) is 32.1 Å². The third-order valence-corrected chi connectivity index (χ3v) is 3.13. The average Bonchev–Trinajstić information content (AvgIpc) is 2.77. The Kier molecular flexibility index (Phi) is 1.62. The van der Waals surface area contributed by atoms with Gasteiger partial charge in [-0.25, -0.2) is 0 Å². The molecule has 2 nitrogen and oxygen atoms in total. The molecule has 66 valence electrons. The van der Waals surface area contributed by atoms with E-state index in [4.69, 9.17) is 4.74 Å². The van der Waals surface area contributed by atoms with E-state index in [-0.39, 0.29) is 11.7 Å². The molecular formula is C10H14O2. The Labute approximate surface area is 72.6 Å². The highest BCUT2D eigenvalue weighted by Crippen LogP contribution is 2.49. The second kappa shape index (κ2) is 2.43. The summed E-state index contributed by atoms with van der Waals surface area (Å²) in [6, 6.07) is 0. The smallest absolute Gasteiger partial charge is 0.154 e. The van der Waals surface area contributed by atoms with Gasteiger partial charge in [0.15, 0.2) is 6.29 Å². The molecule has 0 spiro atoms. The van der Waals surface area contributed by atoms with E-state index in [2.05, 4.69) is 13.5 Å². The molecule has 0 aromatic heterocycles. The zero-order valence-corrected chi connectivity index (χ0v) is 7.38. The summed E-state index contributed by atoms with van der Waals surface area (Å²) in [6.07, 6.45) is 4.12. The summed E-state index contributed by atoms with van der Waals surface area (Å²) in [5.74, 6) is 0.575. The van der Waals surface area contributed by atoms with Crippen molar-refractivity contribution in [3.05, 3.63) is 12.2 Å². The van der Waals surface area contributed by atoms with Crippen molar-refractivity contribution in [2.45, 2.75) is 37.9 Å². The first kappa shape index (κ1) is 7.99. The second-order valence-corrected chi connectivity index (χ2v) is 4.00. The molecule has 1 saturated carbocycles. The van der Waals surface area contributed by atoms with E-state index in [9.17, 15) is 4.79 Å². The van der Waals surface area contributed by atoms with E-state index in [0.717, 1.165) is 25.5 Å². The fourth-order valence-corrected chi connectivity index (χ4v) is 2.08. The van der Waals surface area contributed by atoms with E-state index in [0.29, 0.717) is 5.92 Å². The lowest BCUT2D eigenvalue weighted by atomic mass is 9.80. The Balaban J connectivity index is 2.00. The molecule has 0 aromatic rings. The van der Waals surface area contributed by atoms with Gasteiger partial charge in [-0.3, -0.25) is 0 Å². The van der Waals surface area contributed by atoms with Gasteiger partial charge in [-0.1, -0.05) is 12.2 Å². The van der Waals surface area contributed by atoms with Gasteiger partial charge in [-0.15, -0.1) is 0 Å². The maximum Gasteiger partial charge on any atom is 0.154 e. The Morgan fingerprint density at radius 1 is 1.75 bits per heavy atom. The van der Waals surface area contributed by atoms with Crippen LogP contribution in [0.2, 0.25) is 0 Å². The van der Waals surface area contributed by atoms with E-state index >= 15 is 0 Å². The van der Waals surface area contributed by atoms with Crippen molar-refractivity contribution in [3.8, 4) is 0 Å². The molecule has 0 radical (unpaired) electrons. The van der Waals surface area contributed by atoms with Gasteiger partial charge in [-0.2, -0.15) is 0 Å². The van der Waals surface area contributed by atoms with Gasteiger partial charge in [0.2, 0.25) is 0 Å². The maximum absolute atomic E-state index is 10.7. The molecule has 12 heavy (non-hydrogen) atoms. The standard InChI is InChI=1S/C10H14O2/c1-7(2)8-3-4-10(6-11)9(5-8)12-10/h6,8-9H,1,3-5H2,2H3/t8-,9?,10-/m1/s1. The van der Waals surface area contributed by atoms with E-state index in [1.54, 1.807) is 0 Å². The predicted octanol–water partition coefficient (Wildman–Crippen LogP) is 1.70. The molecule has 1 aliphatic heterocycles. The fraction of sp³-hybridized carbons (Fsp3) is 0.700. The molecule has 2 heteroatoms. The number of hydrogen-bond donors (Lipinski definition) is 0. The fourth-order valence-electron chi connectivity index (χ4n) is 2.08. The van der Waals surface area contributed by atoms with Gasteiger partial charge >= 0.3 is 0 Å². The van der Waals surface area contributed by atoms with Gasteiger partial charge in [0.25, 0.3) is 0 Å². The highest BCUT2D eigenvalue weighted by molar-refractivity contribution is 5.68. The number of rotatable bonds is 2. The summed E-state index contributed by atoms with van der Waals surface area (Å²) in [5, 5.41) is 0. The van der Waals surface area contributed by atoms with Gasteiger partial charge in [0.05, 0.1) is 6.10 Å². The molecule has 2 fully saturated rings. The maximum atomic E-state index is 10.7. The Bertz CT molecular complexity index is 234. The zero-order valence-electron chi connectivity index (χ0n) is 7.38. The third-order valence-electron chi connectivity index (χ3n) is 3.13. The van der Waals surface area contributed by atoms with Gasteiger partial charge in [0, 0.05) is 0 Å². The van der Waals surface area contributed by atoms with Gasteiger partial charge in [0.1, 0.15) is 5.60 Å². The van der Waals surface area contributed by atoms with E-state index in [1.807, 2.05) is 0 Å². The lowest BCUT2D eigenvalue weighted by molar-refractivity contribution is -0.112. The van der Waals surface area contributed by atoms with Crippen molar-refractivity contribution in [1.29, 1.82) is 0 Å². The van der Waals surface area contributed by atoms with Crippen molar-refractivity contribution in [2.24, 2.45) is 5.92 Å². The SMILES string of the molecule is C=C(C)[C@@H]1CC[C@]2(C=O)OC2C1. The van der Waals surface area contributed by atoms with Crippen LogP contribution >= 0.6 is 0 Å². The molecule has 1 heterocycles. The van der Waals surface area contributed by atoms with Crippen LogP contribution < -0.4 is 0 Å². The first-order valence-electron chi connectivity index (χ1n) is 4.47. The van der Waals surface area contributed by atoms with E-state index < -0.39 is 0 Å². The van der Waals surface area contributed by atoms with Crippen LogP contribution in [0.1, 0.15) is 26.2 Å². The topological polar surface area (TPSA) is 29.6 Å². The molecule has 1 unspecified atom stereocenters. The number of ether oxygens (including phenoxy) is 1. The number of fused-ring (bicyclic) bond motifs is 1. The first-order chi connectivity index (χ1) is 5.68. The minimum absolute atomic E-state index is 0.199. The summed E-state index contributed by atoms with van der Waals surface area (Å²) in [7, 11) is 0. The molecule has 0 bridgehead atoms. The van der Waals surface area contributed by atoms with Gasteiger partial charge < -0.3 is 9.53 Å². The molecule has 3 atom stereocenters. The Morgan fingerprint density at radius 3 is 3.00 bits per heavy atom. The van der Waals surface area contributed by atoms with Crippen LogP contribution in [-0.2, 0) is 9.53 Å². The quantitative estimate of drug-likeness (QED) is 0.355. The van der Waals surface area contributed by atoms with Crippen LogP contribution in [0.15, 0.2) is 12.2 Å². The van der Waals surface area contributed by atoms with Crippen molar-refractivity contribution < 1.29 is 9.53 Å². The Hall–Kier alpha value is -0.630. The number of carbonyl (C=O) groups excluding carboxylic acids is 1. The summed E-state index contributed by atoms with van der Waals surface area (Å²) in [4.78, 5) is 10.7. The number of hydrogen-bond acceptors (Lipinski definition) is 2. The normalized spacial score (nSPS) is 44.8. The van der Waals surface area contributed by atoms with Crippen LogP contribution in [-0.4, -0.2) is 18.0 Å². The number of aldehydes is 1. The second-order valence-electron chi connectivity index (χ2n) is 4.00. The summed E-state index contributed by atoms with van der Waals surface area (Å²) >= 11 is 0. The molecular weight excluding hydrogens is 152 g/mol. The zero-order chi connectivity index (χ0) is 8.77. The molecule has 0 amide bonds. The lowest BCUT2D eigenvalue weighted by Gasteiger charge is -2.21. The largest absolute Gasteiger partial charge is 0.358 e. The minimum Gasteiger partial charge on any atom is -0.358 e. The minimum atomic E-state index is -0.369. The van der Waals surface area contributed by atoms with Crippen LogP contribution in [0.3, 0.4) is 0 Å². The summed E-state index contributed by atoms with van der Waals surface area (Å²) < 4.78 is 5.39. The van der Waals surface area contributed by atoms with Crippen molar-refractivity contribution in [2.75, 3.05) is 0 Å². The highest BCUT2D eigenvalue weighted by atomic mass is 16.6. The average molecular weight is 166 g/mol. The monoisotopic (exact) mass is 166 g/mol. The molecule has 1 saturated heterocycles.